The molecule has 4 rings (SSSR count). The van der Waals surface area contributed by atoms with Crippen molar-refractivity contribution < 1.29 is 9.53 Å². The monoisotopic (exact) mass is 451 g/mol. The van der Waals surface area contributed by atoms with E-state index in [0.29, 0.717) is 16.3 Å². The third-order valence-corrected chi connectivity index (χ3v) is 5.66. The summed E-state index contributed by atoms with van der Waals surface area (Å²) in [6.07, 6.45) is 3.30. The van der Waals surface area contributed by atoms with Crippen LogP contribution in [0.2, 0.25) is 5.02 Å². The van der Waals surface area contributed by atoms with Crippen molar-refractivity contribution in [2.24, 2.45) is 0 Å². The zero-order chi connectivity index (χ0) is 22.3. The van der Waals surface area contributed by atoms with Gasteiger partial charge in [-0.25, -0.2) is 4.98 Å². The first-order valence-corrected chi connectivity index (χ1v) is 11.0. The molecule has 32 heavy (non-hydrogen) atoms. The molecule has 166 valence electrons. The molecule has 3 aromatic rings. The number of halogens is 1. The number of anilines is 2. The van der Waals surface area contributed by atoms with E-state index in [1.165, 1.54) is 0 Å². The summed E-state index contributed by atoms with van der Waals surface area (Å²) >= 11 is 6.33. The van der Waals surface area contributed by atoms with E-state index in [2.05, 4.69) is 25.5 Å². The van der Waals surface area contributed by atoms with Crippen molar-refractivity contribution in [3.63, 3.8) is 0 Å². The van der Waals surface area contributed by atoms with E-state index in [0.717, 1.165) is 62.0 Å². The van der Waals surface area contributed by atoms with Gasteiger partial charge in [-0.05, 0) is 48.9 Å². The van der Waals surface area contributed by atoms with Gasteiger partial charge in [0.1, 0.15) is 5.82 Å². The number of carbonyl (C=O) groups is 1. The molecule has 1 amide bonds. The molecule has 1 saturated heterocycles. The third kappa shape index (κ3) is 5.62. The molecule has 8 heteroatoms. The summed E-state index contributed by atoms with van der Waals surface area (Å²) in [5.74, 6) is 0.563. The highest BCUT2D eigenvalue weighted by Crippen LogP contribution is 2.29. The smallest absolute Gasteiger partial charge is 0.257 e. The van der Waals surface area contributed by atoms with E-state index < -0.39 is 0 Å². The van der Waals surface area contributed by atoms with Gasteiger partial charge in [-0.1, -0.05) is 17.7 Å². The van der Waals surface area contributed by atoms with Gasteiger partial charge >= 0.3 is 0 Å². The average molecular weight is 452 g/mol. The minimum atomic E-state index is -0.227. The van der Waals surface area contributed by atoms with Crippen LogP contribution in [-0.2, 0) is 4.74 Å². The van der Waals surface area contributed by atoms with Gasteiger partial charge in [0.05, 0.1) is 29.5 Å². The normalized spacial score (nSPS) is 14.2. The van der Waals surface area contributed by atoms with Crippen LogP contribution in [0.25, 0.3) is 11.3 Å². The summed E-state index contributed by atoms with van der Waals surface area (Å²) in [6.45, 7) is 7.17. The van der Waals surface area contributed by atoms with Crippen molar-refractivity contribution in [2.45, 2.75) is 6.92 Å². The predicted molar refractivity (Wildman–Crippen MR) is 127 cm³/mol. The summed E-state index contributed by atoms with van der Waals surface area (Å²) in [5, 5.41) is 6.86. The van der Waals surface area contributed by atoms with E-state index in [4.69, 9.17) is 16.3 Å². The number of pyridine rings is 2. The first-order chi connectivity index (χ1) is 15.6. The maximum absolute atomic E-state index is 12.8. The van der Waals surface area contributed by atoms with Crippen molar-refractivity contribution in [3.8, 4) is 11.3 Å². The Morgan fingerprint density at radius 3 is 2.75 bits per heavy atom. The van der Waals surface area contributed by atoms with E-state index in [9.17, 15) is 4.79 Å². The first kappa shape index (κ1) is 22.2. The number of nitrogens with one attached hydrogen (secondary N) is 2. The van der Waals surface area contributed by atoms with Gasteiger partial charge in [0, 0.05) is 49.8 Å². The lowest BCUT2D eigenvalue weighted by Crippen LogP contribution is -2.39. The van der Waals surface area contributed by atoms with Gasteiger partial charge in [-0.15, -0.1) is 0 Å². The Bertz CT molecular complexity index is 1070. The highest BCUT2D eigenvalue weighted by Gasteiger charge is 2.13. The molecule has 0 unspecified atom stereocenters. The number of ether oxygens (including phenoxy) is 1. The van der Waals surface area contributed by atoms with Gasteiger partial charge < -0.3 is 15.4 Å². The predicted octanol–water partition coefficient (Wildman–Crippen LogP) is 4.10. The average Bonchev–Trinajstić information content (AvgIpc) is 2.82. The number of nitrogens with zero attached hydrogens (tertiary/aromatic N) is 3. The van der Waals surface area contributed by atoms with Crippen molar-refractivity contribution in [1.29, 1.82) is 0 Å². The van der Waals surface area contributed by atoms with Crippen LogP contribution in [0.5, 0.6) is 0 Å². The van der Waals surface area contributed by atoms with Gasteiger partial charge in [-0.2, -0.15) is 0 Å². The number of hydrogen-bond donors (Lipinski definition) is 2. The second-order valence-corrected chi connectivity index (χ2v) is 8.04. The van der Waals surface area contributed by atoms with E-state index >= 15 is 0 Å². The molecule has 7 nitrogen and oxygen atoms in total. The molecule has 2 N–H and O–H groups in total. The molecule has 0 atom stereocenters. The molecule has 0 spiro atoms. The number of aromatic nitrogens is 2. The van der Waals surface area contributed by atoms with Crippen LogP contribution in [0.4, 0.5) is 11.5 Å². The first-order valence-electron chi connectivity index (χ1n) is 10.6. The van der Waals surface area contributed by atoms with Crippen LogP contribution >= 0.6 is 11.6 Å². The highest BCUT2D eigenvalue weighted by atomic mass is 35.5. The molecular formula is C24H26ClN5O2. The Labute approximate surface area is 192 Å². The fourth-order valence-corrected chi connectivity index (χ4v) is 3.78. The lowest BCUT2D eigenvalue weighted by Gasteiger charge is -2.26. The Kier molecular flexibility index (Phi) is 7.32. The zero-order valence-corrected chi connectivity index (χ0v) is 18.7. The number of benzene rings is 1. The molecule has 1 aromatic carbocycles. The van der Waals surface area contributed by atoms with Gasteiger partial charge in [0.15, 0.2) is 0 Å². The maximum Gasteiger partial charge on any atom is 0.257 e. The molecule has 1 aliphatic rings. The number of rotatable bonds is 7. The molecule has 0 bridgehead atoms. The third-order valence-electron chi connectivity index (χ3n) is 5.33. The molecular weight excluding hydrogens is 426 g/mol. The molecule has 0 saturated carbocycles. The molecule has 3 heterocycles. The van der Waals surface area contributed by atoms with E-state index in [1.807, 2.05) is 37.3 Å². The SMILES string of the molecule is Cc1cc(C(=O)Nc2ccc(Cl)c(-c3ccccn3)c2)cnc1NCCN1CCOCC1. The van der Waals surface area contributed by atoms with Gasteiger partial charge in [-0.3, -0.25) is 14.7 Å². The van der Waals surface area contributed by atoms with Crippen LogP contribution in [0.15, 0.2) is 54.9 Å². The fraction of sp³-hybridized carbons (Fsp3) is 0.292. The Morgan fingerprint density at radius 1 is 1.16 bits per heavy atom. The second-order valence-electron chi connectivity index (χ2n) is 7.63. The van der Waals surface area contributed by atoms with Crippen LogP contribution in [0.1, 0.15) is 15.9 Å². The van der Waals surface area contributed by atoms with Crippen molar-refractivity contribution in [1.82, 2.24) is 14.9 Å². The number of carbonyl (C=O) groups excluding carboxylic acids is 1. The topological polar surface area (TPSA) is 79.4 Å². The standard InChI is InChI=1S/C24H26ClN5O2/c1-17-14-18(16-28-23(17)27-8-9-30-10-12-32-13-11-30)24(31)29-19-5-6-21(25)20(15-19)22-4-2-3-7-26-22/h2-7,14-16H,8-13H2,1H3,(H,27,28)(H,29,31). The van der Waals surface area contributed by atoms with Crippen molar-refractivity contribution in [3.05, 3.63) is 71.0 Å². The summed E-state index contributed by atoms with van der Waals surface area (Å²) < 4.78 is 5.37. The summed E-state index contributed by atoms with van der Waals surface area (Å²) in [6, 6.07) is 12.8. The molecule has 0 radical (unpaired) electrons. The lowest BCUT2D eigenvalue weighted by atomic mass is 10.1. The summed E-state index contributed by atoms with van der Waals surface area (Å²) in [4.78, 5) is 23.9. The van der Waals surface area contributed by atoms with Gasteiger partial charge in [0.2, 0.25) is 0 Å². The highest BCUT2D eigenvalue weighted by molar-refractivity contribution is 6.33. The molecule has 1 fully saturated rings. The Morgan fingerprint density at radius 2 is 2.00 bits per heavy atom. The number of hydrogen-bond acceptors (Lipinski definition) is 6. The molecule has 0 aliphatic carbocycles. The van der Waals surface area contributed by atoms with Crippen LogP contribution in [0, 0.1) is 6.92 Å². The lowest BCUT2D eigenvalue weighted by molar-refractivity contribution is 0.0398. The number of aryl methyl sites for hydroxylation is 1. The minimum absolute atomic E-state index is 0.227. The largest absolute Gasteiger partial charge is 0.379 e. The Balaban J connectivity index is 1.39. The number of morpholine rings is 1. The summed E-state index contributed by atoms with van der Waals surface area (Å²) in [5.41, 5.74) is 3.57. The number of amides is 1. The Hall–Kier alpha value is -3.00. The van der Waals surface area contributed by atoms with Gasteiger partial charge in [0.25, 0.3) is 5.91 Å². The minimum Gasteiger partial charge on any atom is -0.379 e. The van der Waals surface area contributed by atoms with Crippen LogP contribution in [0.3, 0.4) is 0 Å². The maximum atomic E-state index is 12.8. The van der Waals surface area contributed by atoms with E-state index in [1.54, 1.807) is 24.5 Å². The quantitative estimate of drug-likeness (QED) is 0.563. The summed E-state index contributed by atoms with van der Waals surface area (Å²) in [7, 11) is 0. The molecule has 1 aliphatic heterocycles. The fourth-order valence-electron chi connectivity index (χ4n) is 3.57. The van der Waals surface area contributed by atoms with Crippen molar-refractivity contribution in [2.75, 3.05) is 50.0 Å². The van der Waals surface area contributed by atoms with Crippen molar-refractivity contribution >= 4 is 29.0 Å². The molecule has 2 aromatic heterocycles. The van der Waals surface area contributed by atoms with Crippen LogP contribution < -0.4 is 10.6 Å². The van der Waals surface area contributed by atoms with Crippen LogP contribution in [-0.4, -0.2) is 60.2 Å². The zero-order valence-electron chi connectivity index (χ0n) is 18.0. The van der Waals surface area contributed by atoms with E-state index in [-0.39, 0.29) is 5.91 Å². The second kappa shape index (κ2) is 10.5.